The number of hydrogen-bond donors (Lipinski definition) is 1. The third-order valence-electron chi connectivity index (χ3n) is 3.13. The molecule has 0 aliphatic heterocycles. The molecule has 3 nitrogen and oxygen atoms in total. The maximum Gasteiger partial charge on any atom is 0.182 e. The van der Waals surface area contributed by atoms with Crippen LogP contribution in [0.1, 0.15) is 23.7 Å². The number of benzene rings is 1. The van der Waals surface area contributed by atoms with E-state index in [2.05, 4.69) is 0 Å². The molecule has 5 heteroatoms. The second-order valence-corrected chi connectivity index (χ2v) is 5.79. The van der Waals surface area contributed by atoms with E-state index in [0.29, 0.717) is 17.2 Å². The van der Waals surface area contributed by atoms with Crippen LogP contribution in [0.3, 0.4) is 0 Å². The van der Waals surface area contributed by atoms with Gasteiger partial charge in [0, 0.05) is 18.2 Å². The van der Waals surface area contributed by atoms with Crippen molar-refractivity contribution in [2.45, 2.75) is 18.4 Å². The Morgan fingerprint density at radius 3 is 2.76 bits per heavy atom. The van der Waals surface area contributed by atoms with Crippen molar-refractivity contribution in [1.29, 1.82) is 0 Å². The normalized spacial score (nSPS) is 24.7. The predicted octanol–water partition coefficient (Wildman–Crippen LogP) is 4.51. The van der Waals surface area contributed by atoms with E-state index < -0.39 is 11.0 Å². The molecule has 1 aliphatic rings. The van der Waals surface area contributed by atoms with Crippen LogP contribution in [-0.4, -0.2) is 22.6 Å². The zero-order chi connectivity index (χ0) is 15.5. The lowest BCUT2D eigenvalue weighted by Gasteiger charge is -2.26. The average molecular weight is 327 g/mol. The molecule has 1 aromatic carbocycles. The highest BCUT2D eigenvalue weighted by atomic mass is 35.5. The van der Waals surface area contributed by atoms with Crippen LogP contribution in [-0.2, 0) is 4.74 Å². The maximum atomic E-state index is 12.4. The third-order valence-corrected chi connectivity index (χ3v) is 3.80. The van der Waals surface area contributed by atoms with Gasteiger partial charge >= 0.3 is 0 Å². The second kappa shape index (κ2) is 6.65. The van der Waals surface area contributed by atoms with Gasteiger partial charge in [0.05, 0.1) is 10.9 Å². The van der Waals surface area contributed by atoms with Gasteiger partial charge in [-0.25, -0.2) is 0 Å². The summed E-state index contributed by atoms with van der Waals surface area (Å²) in [6, 6.07) is 6.73. The molecule has 0 spiro atoms. The first-order chi connectivity index (χ1) is 9.97. The monoisotopic (exact) mass is 326 g/mol. The molecule has 112 valence electrons. The van der Waals surface area contributed by atoms with Crippen LogP contribution in [0.4, 0.5) is 0 Å². The Morgan fingerprint density at radius 1 is 1.43 bits per heavy atom. The van der Waals surface area contributed by atoms with Gasteiger partial charge in [0.15, 0.2) is 10.8 Å². The van der Waals surface area contributed by atoms with Crippen molar-refractivity contribution >= 4 is 29.0 Å². The molecule has 2 rings (SSSR count). The molecule has 1 aromatic rings. The first-order valence-electron chi connectivity index (χ1n) is 6.69. The largest absolute Gasteiger partial charge is 0.511 e. The zero-order valence-electron chi connectivity index (χ0n) is 11.6. The number of hydrogen-bond acceptors (Lipinski definition) is 3. The second-order valence-electron chi connectivity index (χ2n) is 4.80. The molecule has 0 bridgehead atoms. The molecule has 0 heterocycles. The van der Waals surface area contributed by atoms with Crippen molar-refractivity contribution < 1.29 is 14.6 Å². The van der Waals surface area contributed by atoms with Crippen molar-refractivity contribution in [2.24, 2.45) is 5.92 Å². The molecule has 0 saturated carbocycles. The van der Waals surface area contributed by atoms with E-state index in [1.54, 1.807) is 36.4 Å². The smallest absolute Gasteiger partial charge is 0.182 e. The van der Waals surface area contributed by atoms with Crippen LogP contribution < -0.4 is 0 Å². The first-order valence-corrected chi connectivity index (χ1v) is 7.45. The minimum Gasteiger partial charge on any atom is -0.511 e. The van der Waals surface area contributed by atoms with E-state index in [0.717, 1.165) is 6.42 Å². The molecular weight excluding hydrogens is 311 g/mol. The number of allylic oxidation sites excluding steroid dienone is 1. The quantitative estimate of drug-likeness (QED) is 0.492. The number of carbonyl (C=O) groups excluding carboxylic acids is 1. The number of aliphatic hydroxyl groups excluding tert-OH is 1. The minimum absolute atomic E-state index is 0.131. The van der Waals surface area contributed by atoms with Crippen LogP contribution in [0.25, 0.3) is 0 Å². The van der Waals surface area contributed by atoms with Crippen LogP contribution in [0.2, 0.25) is 5.02 Å². The molecule has 1 aliphatic carbocycles. The molecule has 2 unspecified atom stereocenters. The first kappa shape index (κ1) is 16.1. The Labute approximate surface area is 133 Å². The van der Waals surface area contributed by atoms with E-state index in [-0.39, 0.29) is 11.5 Å². The number of carbonyl (C=O) groups is 1. The molecule has 0 radical (unpaired) electrons. The molecule has 0 saturated heterocycles. The number of ketones is 1. The molecule has 0 fully saturated rings. The number of halogens is 2. The summed E-state index contributed by atoms with van der Waals surface area (Å²) in [5.74, 6) is -1.20. The molecule has 0 aromatic heterocycles. The SMILES string of the molecule is CCCOC1(Cl)C=CC(C(=O)c2ccccc2Cl)C(O)=C1. The summed E-state index contributed by atoms with van der Waals surface area (Å²) in [6.07, 6.45) is 5.27. The highest BCUT2D eigenvalue weighted by Gasteiger charge is 2.33. The van der Waals surface area contributed by atoms with Gasteiger partial charge in [-0.05, 0) is 24.6 Å². The Morgan fingerprint density at radius 2 is 2.14 bits per heavy atom. The summed E-state index contributed by atoms with van der Waals surface area (Å²) in [5, 5.41) is 9.27. The Balaban J connectivity index is 2.21. The average Bonchev–Trinajstić information content (AvgIpc) is 2.45. The molecule has 1 N–H and O–H groups in total. The van der Waals surface area contributed by atoms with Crippen LogP contribution in [0.15, 0.2) is 48.3 Å². The molecular formula is C16H16Cl2O3. The van der Waals surface area contributed by atoms with E-state index in [9.17, 15) is 9.90 Å². The van der Waals surface area contributed by atoms with Crippen LogP contribution in [0, 0.1) is 5.92 Å². The number of alkyl halides is 1. The van der Waals surface area contributed by atoms with Gasteiger partial charge < -0.3 is 9.84 Å². The lowest BCUT2D eigenvalue weighted by Crippen LogP contribution is -2.28. The highest BCUT2D eigenvalue weighted by molar-refractivity contribution is 6.34. The van der Waals surface area contributed by atoms with E-state index in [1.165, 1.54) is 6.08 Å². The summed E-state index contributed by atoms with van der Waals surface area (Å²) in [4.78, 5) is 12.4. The summed E-state index contributed by atoms with van der Waals surface area (Å²) < 4.78 is 5.45. The van der Waals surface area contributed by atoms with Gasteiger partial charge in [0.25, 0.3) is 0 Å². The van der Waals surface area contributed by atoms with Gasteiger partial charge in [-0.1, -0.05) is 48.3 Å². The van der Waals surface area contributed by atoms with Crippen molar-refractivity contribution in [3.63, 3.8) is 0 Å². The fourth-order valence-corrected chi connectivity index (χ4v) is 2.55. The van der Waals surface area contributed by atoms with E-state index in [4.69, 9.17) is 27.9 Å². The lowest BCUT2D eigenvalue weighted by molar-refractivity contribution is 0.0782. The van der Waals surface area contributed by atoms with Crippen molar-refractivity contribution in [1.82, 2.24) is 0 Å². The molecule has 21 heavy (non-hydrogen) atoms. The summed E-state index contributed by atoms with van der Waals surface area (Å²) in [5.41, 5.74) is 0.366. The maximum absolute atomic E-state index is 12.4. The summed E-state index contributed by atoms with van der Waals surface area (Å²) in [7, 11) is 0. The van der Waals surface area contributed by atoms with Crippen molar-refractivity contribution in [3.8, 4) is 0 Å². The number of aliphatic hydroxyl groups is 1. The fraction of sp³-hybridized carbons (Fsp3) is 0.312. The highest BCUT2D eigenvalue weighted by Crippen LogP contribution is 2.32. The van der Waals surface area contributed by atoms with E-state index in [1.807, 2.05) is 6.92 Å². The Hall–Kier alpha value is -1.29. The topological polar surface area (TPSA) is 46.5 Å². The minimum atomic E-state index is -1.20. The molecule has 0 amide bonds. The van der Waals surface area contributed by atoms with Crippen LogP contribution in [0.5, 0.6) is 0 Å². The predicted molar refractivity (Wildman–Crippen MR) is 84.0 cm³/mol. The third kappa shape index (κ3) is 3.67. The van der Waals surface area contributed by atoms with Crippen molar-refractivity contribution in [2.75, 3.05) is 6.61 Å². The van der Waals surface area contributed by atoms with Gasteiger partial charge in [-0.15, -0.1) is 0 Å². The number of Topliss-reactive ketones (excluding diaryl/α,β-unsaturated/α-hetero) is 1. The number of ether oxygens (including phenoxy) is 1. The van der Waals surface area contributed by atoms with Gasteiger partial charge in [-0.3, -0.25) is 4.79 Å². The summed E-state index contributed by atoms with van der Waals surface area (Å²) in [6.45, 7) is 2.42. The number of rotatable bonds is 5. The fourth-order valence-electron chi connectivity index (χ4n) is 2.06. The molecule has 2 atom stereocenters. The summed E-state index contributed by atoms with van der Waals surface area (Å²) >= 11 is 12.2. The lowest BCUT2D eigenvalue weighted by atomic mass is 9.91. The van der Waals surface area contributed by atoms with Crippen LogP contribution >= 0.6 is 23.2 Å². The van der Waals surface area contributed by atoms with Gasteiger partial charge in [-0.2, -0.15) is 0 Å². The van der Waals surface area contributed by atoms with Gasteiger partial charge in [0.2, 0.25) is 0 Å². The standard InChI is InChI=1S/C16H16Cl2O3/c1-2-9-21-16(18)8-7-12(14(19)10-16)15(20)11-5-3-4-6-13(11)17/h3-8,10,12,19H,2,9H2,1H3. The van der Waals surface area contributed by atoms with E-state index >= 15 is 0 Å². The zero-order valence-corrected chi connectivity index (χ0v) is 13.1. The Kier molecular flexibility index (Phi) is 5.09. The van der Waals surface area contributed by atoms with Gasteiger partial charge in [0.1, 0.15) is 5.76 Å². The van der Waals surface area contributed by atoms with Crippen molar-refractivity contribution in [3.05, 3.63) is 58.8 Å². The Bertz CT molecular complexity index is 595.